The van der Waals surface area contributed by atoms with Crippen molar-refractivity contribution in [3.8, 4) is 5.88 Å². The van der Waals surface area contributed by atoms with Gasteiger partial charge < -0.3 is 9.42 Å². The number of nitrogens with zero attached hydrogens (tertiary/aromatic N) is 3. The first-order valence-electron chi connectivity index (χ1n) is 9.31. The van der Waals surface area contributed by atoms with Gasteiger partial charge in [-0.15, -0.1) is 11.8 Å². The maximum atomic E-state index is 10.7. The van der Waals surface area contributed by atoms with Crippen LogP contribution >= 0.6 is 18.5 Å². The molecule has 10 heteroatoms. The van der Waals surface area contributed by atoms with Crippen LogP contribution in [0.15, 0.2) is 18.3 Å². The zero-order valence-electron chi connectivity index (χ0n) is 17.0. The molecule has 3 rings (SSSR count). The minimum atomic E-state index is -2.77. The number of amides is 1. The normalized spacial score (nSPS) is 18.3. The van der Waals surface area contributed by atoms with Gasteiger partial charge in [-0.25, -0.2) is 4.98 Å². The lowest BCUT2D eigenvalue weighted by molar-refractivity contribution is -0.137. The molecule has 0 saturated carbocycles. The first-order chi connectivity index (χ1) is 13.3. The Balaban J connectivity index is 0.000000255. The Morgan fingerprint density at radius 3 is 2.50 bits per heavy atom. The number of hydrogen-bond acceptors (Lipinski definition) is 8. The van der Waals surface area contributed by atoms with Crippen molar-refractivity contribution >= 4 is 36.2 Å². The lowest BCUT2D eigenvalue weighted by Crippen LogP contribution is -2.48. The fourth-order valence-electron chi connectivity index (χ4n) is 2.43. The van der Waals surface area contributed by atoms with E-state index in [0.29, 0.717) is 24.5 Å². The van der Waals surface area contributed by atoms with Crippen molar-refractivity contribution in [2.75, 3.05) is 19.0 Å². The van der Waals surface area contributed by atoms with E-state index in [9.17, 15) is 4.79 Å². The van der Waals surface area contributed by atoms with Crippen molar-refractivity contribution in [1.29, 1.82) is 0 Å². The van der Waals surface area contributed by atoms with Crippen LogP contribution in [-0.2, 0) is 25.6 Å². The van der Waals surface area contributed by atoms with E-state index in [2.05, 4.69) is 9.97 Å². The van der Waals surface area contributed by atoms with Gasteiger partial charge in [0.15, 0.2) is 0 Å². The van der Waals surface area contributed by atoms with Crippen molar-refractivity contribution in [2.24, 2.45) is 0 Å². The molecule has 1 amide bonds. The number of carbonyl (C=O) groups excluding carboxylic acids is 1. The van der Waals surface area contributed by atoms with Crippen molar-refractivity contribution < 1.29 is 18.4 Å². The third-order valence-corrected chi connectivity index (χ3v) is 7.32. The molecule has 7 nitrogen and oxygen atoms in total. The number of carbonyl (C=O) groups is 1. The quantitative estimate of drug-likeness (QED) is 0.452. The highest BCUT2D eigenvalue weighted by Gasteiger charge is 2.35. The zero-order valence-corrected chi connectivity index (χ0v) is 19.5. The summed E-state index contributed by atoms with van der Waals surface area (Å²) in [6.07, 6.45) is 4.67. The molecule has 0 bridgehead atoms. The molecule has 0 aromatic carbocycles. The van der Waals surface area contributed by atoms with Gasteiger partial charge in [0.1, 0.15) is 5.82 Å². The Kier molecular flexibility index (Phi) is 8.89. The molecule has 0 aliphatic carbocycles. The van der Waals surface area contributed by atoms with E-state index >= 15 is 0 Å². The summed E-state index contributed by atoms with van der Waals surface area (Å²) in [6.45, 7) is 7.78. The van der Waals surface area contributed by atoms with Crippen LogP contribution in [0.5, 0.6) is 5.88 Å². The molecule has 28 heavy (non-hydrogen) atoms. The highest BCUT2D eigenvalue weighted by molar-refractivity contribution is 8.07. The second-order valence-electron chi connectivity index (χ2n) is 6.41. The van der Waals surface area contributed by atoms with E-state index in [1.807, 2.05) is 58.7 Å². The highest BCUT2D eigenvalue weighted by atomic mass is 32.5. The third-order valence-electron chi connectivity index (χ3n) is 3.74. The molecular formula is C18H28N3O4PS2. The molecule has 0 N–H and O–H groups in total. The number of thioether (sulfide) groups is 1. The van der Waals surface area contributed by atoms with Crippen molar-refractivity contribution in [2.45, 2.75) is 52.3 Å². The Hall–Kier alpha value is -0.990. The molecule has 2 aliphatic heterocycles. The van der Waals surface area contributed by atoms with Crippen molar-refractivity contribution in [3.05, 3.63) is 29.9 Å². The molecular weight excluding hydrogens is 417 g/mol. The number of β-lactam (4-membered cyclic amide) rings is 1. The van der Waals surface area contributed by atoms with Crippen LogP contribution in [0.25, 0.3) is 0 Å². The maximum Gasteiger partial charge on any atom is 0.381 e. The fraction of sp³-hybridized carbons (Fsp3) is 0.611. The van der Waals surface area contributed by atoms with Gasteiger partial charge >= 0.3 is 6.72 Å². The van der Waals surface area contributed by atoms with Gasteiger partial charge in [-0.05, 0) is 20.8 Å². The second kappa shape index (κ2) is 10.7. The predicted molar refractivity (Wildman–Crippen MR) is 116 cm³/mol. The van der Waals surface area contributed by atoms with Crippen LogP contribution in [0, 0.1) is 6.92 Å². The van der Waals surface area contributed by atoms with Gasteiger partial charge in [0.2, 0.25) is 11.8 Å². The van der Waals surface area contributed by atoms with Crippen molar-refractivity contribution in [3.63, 3.8) is 0 Å². The molecule has 1 aromatic rings. The second-order valence-corrected chi connectivity index (χ2v) is 10.6. The van der Waals surface area contributed by atoms with Gasteiger partial charge in [0.25, 0.3) is 0 Å². The summed E-state index contributed by atoms with van der Waals surface area (Å²) >= 11 is 7.15. The molecule has 156 valence electrons. The summed E-state index contributed by atoms with van der Waals surface area (Å²) in [4.78, 5) is 21.2. The summed E-state index contributed by atoms with van der Waals surface area (Å²) in [6, 6.07) is 1.74. The molecule has 1 aromatic heterocycles. The monoisotopic (exact) mass is 445 g/mol. The van der Waals surface area contributed by atoms with E-state index in [1.54, 1.807) is 11.0 Å². The molecule has 1 saturated heterocycles. The Labute approximate surface area is 176 Å². The summed E-state index contributed by atoms with van der Waals surface area (Å²) in [5.41, 5.74) is 0.836. The summed E-state index contributed by atoms with van der Waals surface area (Å²) in [5.74, 6) is 2.70. The van der Waals surface area contributed by atoms with Crippen LogP contribution in [0.1, 0.15) is 51.6 Å². The lowest BCUT2D eigenvalue weighted by atomic mass is 10.2. The van der Waals surface area contributed by atoms with Gasteiger partial charge in [-0.2, -0.15) is 4.98 Å². The number of aromatic nitrogens is 2. The molecule has 2 aliphatic rings. The number of fused-ring (bicyclic) bond motifs is 1. The molecule has 0 unspecified atom stereocenters. The Bertz CT molecular complexity index is 750. The van der Waals surface area contributed by atoms with E-state index < -0.39 is 6.72 Å². The van der Waals surface area contributed by atoms with E-state index in [1.165, 1.54) is 0 Å². The van der Waals surface area contributed by atoms with Crippen LogP contribution in [0.2, 0.25) is 0 Å². The zero-order chi connectivity index (χ0) is 20.7. The minimum Gasteiger partial charge on any atom is -0.406 e. The summed E-state index contributed by atoms with van der Waals surface area (Å²) in [5, 5.41) is 0.475. The smallest absolute Gasteiger partial charge is 0.381 e. The van der Waals surface area contributed by atoms with Crippen molar-refractivity contribution in [1.82, 2.24) is 14.9 Å². The van der Waals surface area contributed by atoms with Crippen LogP contribution in [-0.4, -0.2) is 45.1 Å². The SMILES string of the molecule is CCOP(=S)(OCC)Oc1cc(C)nc(C(C)C)n1.O=C1C[C@H]2SCC=CN12. The van der Waals surface area contributed by atoms with Gasteiger partial charge in [-0.3, -0.25) is 13.8 Å². The molecule has 3 heterocycles. The van der Waals surface area contributed by atoms with Crippen LogP contribution in [0.4, 0.5) is 0 Å². The fourth-order valence-corrected chi connectivity index (χ4v) is 5.46. The number of hydrogen-bond donors (Lipinski definition) is 0. The Morgan fingerprint density at radius 1 is 1.32 bits per heavy atom. The summed E-state index contributed by atoms with van der Waals surface area (Å²) < 4.78 is 16.6. The highest BCUT2D eigenvalue weighted by Crippen LogP contribution is 2.49. The van der Waals surface area contributed by atoms with E-state index in [-0.39, 0.29) is 11.8 Å². The van der Waals surface area contributed by atoms with E-state index in [0.717, 1.165) is 23.7 Å². The van der Waals surface area contributed by atoms with Gasteiger partial charge in [-0.1, -0.05) is 19.9 Å². The summed E-state index contributed by atoms with van der Waals surface area (Å²) in [7, 11) is 0. The molecule has 1 atom stereocenters. The average Bonchev–Trinajstić information content (AvgIpc) is 2.61. The van der Waals surface area contributed by atoms with E-state index in [4.69, 9.17) is 25.4 Å². The molecule has 0 spiro atoms. The number of rotatable bonds is 7. The minimum absolute atomic E-state index is 0.222. The van der Waals surface area contributed by atoms with Crippen LogP contribution < -0.4 is 4.52 Å². The number of aryl methyl sites for hydroxylation is 1. The van der Waals surface area contributed by atoms with Gasteiger partial charge in [0, 0.05) is 41.4 Å². The lowest BCUT2D eigenvalue weighted by Gasteiger charge is -2.39. The Morgan fingerprint density at radius 2 is 2.00 bits per heavy atom. The maximum absolute atomic E-state index is 10.7. The first-order valence-corrected chi connectivity index (χ1v) is 12.9. The standard InChI is InChI=1S/C12H21N2O3PS.C6H7NOS/c1-6-15-18(19,16-7-2)17-11-8-10(5)13-12(14-11)9(3)4;8-5-4-6-7(5)2-1-3-9-6/h8-9H,6-7H2,1-5H3;1-2,6H,3-4H2/t;6-/m.1/s1. The largest absolute Gasteiger partial charge is 0.406 e. The molecule has 0 radical (unpaired) electrons. The topological polar surface area (TPSA) is 73.8 Å². The predicted octanol–water partition coefficient (Wildman–Crippen LogP) is 4.39. The average molecular weight is 446 g/mol. The first kappa shape index (κ1) is 23.3. The van der Waals surface area contributed by atoms with Crippen LogP contribution in [0.3, 0.4) is 0 Å². The molecule has 1 fully saturated rings. The third kappa shape index (κ3) is 6.52. The van der Waals surface area contributed by atoms with Gasteiger partial charge in [0.05, 0.1) is 25.0 Å².